The molecule has 0 aliphatic heterocycles. The smallest absolute Gasteiger partial charge is 0.256 e. The molecule has 1 amide bonds. The van der Waals surface area contributed by atoms with Crippen molar-refractivity contribution in [3.05, 3.63) is 58.4 Å². The monoisotopic (exact) mass is 296 g/mol. The minimum absolute atomic E-state index is 0.136. The van der Waals surface area contributed by atoms with Crippen molar-refractivity contribution < 1.29 is 4.79 Å². The maximum absolute atomic E-state index is 13.0. The van der Waals surface area contributed by atoms with E-state index in [1.54, 1.807) is 11.3 Å². The average molecular weight is 296 g/mol. The third-order valence-corrected chi connectivity index (χ3v) is 4.73. The first-order valence-corrected chi connectivity index (χ1v) is 8.15. The number of nitrogens with zero attached hydrogens (tertiary/aromatic N) is 1. The predicted octanol–water partition coefficient (Wildman–Crippen LogP) is 4.03. The number of carbonyl (C=O) groups excluding carboxylic acids is 1. The van der Waals surface area contributed by atoms with Crippen LogP contribution in [0.2, 0.25) is 0 Å². The van der Waals surface area contributed by atoms with Crippen molar-refractivity contribution in [2.45, 2.75) is 25.4 Å². The first-order valence-electron chi connectivity index (χ1n) is 7.21. The number of carbonyl (C=O) groups is 1. The van der Waals surface area contributed by atoms with Crippen LogP contribution in [-0.2, 0) is 6.54 Å². The molecule has 2 aromatic heterocycles. The highest BCUT2D eigenvalue weighted by Crippen LogP contribution is 2.31. The number of para-hydroxylation sites is 1. The molecule has 1 saturated carbocycles. The Morgan fingerprint density at radius 1 is 1.29 bits per heavy atom. The summed E-state index contributed by atoms with van der Waals surface area (Å²) in [7, 11) is 0. The molecule has 1 aliphatic rings. The number of hydrogen-bond acceptors (Lipinski definition) is 2. The number of amides is 1. The van der Waals surface area contributed by atoms with E-state index in [0.717, 1.165) is 29.3 Å². The lowest BCUT2D eigenvalue weighted by Crippen LogP contribution is -2.32. The standard InChI is InChI=1S/C17H16N2OS/c20-17(15-3-1-2-13-6-8-18-16(13)15)19(14-4-5-14)10-12-7-9-21-11-12/h1-3,6-9,11,14,18H,4-5,10H2. The average Bonchev–Trinajstić information content (AvgIpc) is 3.02. The number of aromatic amines is 1. The highest BCUT2D eigenvalue weighted by atomic mass is 32.1. The lowest BCUT2D eigenvalue weighted by molar-refractivity contribution is 0.0732. The van der Waals surface area contributed by atoms with Crippen LogP contribution in [0.1, 0.15) is 28.8 Å². The van der Waals surface area contributed by atoms with Gasteiger partial charge in [0.2, 0.25) is 0 Å². The van der Waals surface area contributed by atoms with Crippen molar-refractivity contribution >= 4 is 28.1 Å². The summed E-state index contributed by atoms with van der Waals surface area (Å²) in [6.45, 7) is 0.712. The Labute approximate surface area is 127 Å². The number of thiophene rings is 1. The van der Waals surface area contributed by atoms with Gasteiger partial charge in [-0.3, -0.25) is 4.79 Å². The van der Waals surface area contributed by atoms with Crippen molar-refractivity contribution in [3.8, 4) is 0 Å². The zero-order valence-electron chi connectivity index (χ0n) is 11.6. The van der Waals surface area contributed by atoms with Crippen molar-refractivity contribution in [1.29, 1.82) is 0 Å². The van der Waals surface area contributed by atoms with Gasteiger partial charge in [-0.1, -0.05) is 12.1 Å². The topological polar surface area (TPSA) is 36.1 Å². The quantitative estimate of drug-likeness (QED) is 0.775. The van der Waals surface area contributed by atoms with Gasteiger partial charge in [-0.15, -0.1) is 0 Å². The molecule has 1 N–H and O–H groups in total. The number of H-pyrrole nitrogens is 1. The molecule has 4 rings (SSSR count). The van der Waals surface area contributed by atoms with Gasteiger partial charge in [-0.2, -0.15) is 11.3 Å². The first-order chi connectivity index (χ1) is 10.3. The summed E-state index contributed by atoms with van der Waals surface area (Å²) in [4.78, 5) is 18.2. The number of rotatable bonds is 4. The van der Waals surface area contributed by atoms with E-state index in [1.165, 1.54) is 5.56 Å². The zero-order chi connectivity index (χ0) is 14.2. The fourth-order valence-corrected chi connectivity index (χ4v) is 3.41. The number of benzene rings is 1. The Kier molecular flexibility index (Phi) is 3.04. The molecule has 0 bridgehead atoms. The number of nitrogens with one attached hydrogen (secondary N) is 1. The van der Waals surface area contributed by atoms with Gasteiger partial charge in [0.05, 0.1) is 11.1 Å². The summed E-state index contributed by atoms with van der Waals surface area (Å²) in [5, 5.41) is 5.28. The Bertz CT molecular complexity index is 771. The Morgan fingerprint density at radius 3 is 2.95 bits per heavy atom. The van der Waals surface area contributed by atoms with E-state index in [-0.39, 0.29) is 5.91 Å². The Balaban J connectivity index is 1.69. The van der Waals surface area contributed by atoms with Crippen LogP contribution in [-0.4, -0.2) is 21.8 Å². The summed E-state index contributed by atoms with van der Waals surface area (Å²) in [6, 6.07) is 10.4. The molecule has 3 aromatic rings. The molecule has 0 unspecified atom stereocenters. The molecular formula is C17H16N2OS. The summed E-state index contributed by atoms with van der Waals surface area (Å²) >= 11 is 1.68. The van der Waals surface area contributed by atoms with Gasteiger partial charge in [0, 0.05) is 24.2 Å². The van der Waals surface area contributed by atoms with Gasteiger partial charge < -0.3 is 9.88 Å². The summed E-state index contributed by atoms with van der Waals surface area (Å²) in [6.07, 6.45) is 4.13. The molecule has 0 radical (unpaired) electrons. The fraction of sp³-hybridized carbons (Fsp3) is 0.235. The summed E-state index contributed by atoms with van der Waals surface area (Å²) in [5.41, 5.74) is 2.94. The van der Waals surface area contributed by atoms with E-state index < -0.39 is 0 Å². The maximum atomic E-state index is 13.0. The second kappa shape index (κ2) is 5.04. The van der Waals surface area contributed by atoms with Crippen molar-refractivity contribution in [2.75, 3.05) is 0 Å². The largest absolute Gasteiger partial charge is 0.361 e. The first kappa shape index (κ1) is 12.7. The molecule has 106 valence electrons. The molecule has 0 atom stereocenters. The third-order valence-electron chi connectivity index (χ3n) is 4.00. The molecule has 1 aliphatic carbocycles. The van der Waals surface area contributed by atoms with Crippen LogP contribution in [0.15, 0.2) is 47.3 Å². The van der Waals surface area contributed by atoms with Gasteiger partial charge in [-0.25, -0.2) is 0 Å². The highest BCUT2D eigenvalue weighted by Gasteiger charge is 2.33. The van der Waals surface area contributed by atoms with Gasteiger partial charge in [0.15, 0.2) is 0 Å². The van der Waals surface area contributed by atoms with Crippen LogP contribution in [0.3, 0.4) is 0 Å². The van der Waals surface area contributed by atoms with Crippen LogP contribution in [0.25, 0.3) is 10.9 Å². The lowest BCUT2D eigenvalue weighted by atomic mass is 10.1. The molecule has 3 nitrogen and oxygen atoms in total. The van der Waals surface area contributed by atoms with Crippen LogP contribution >= 0.6 is 11.3 Å². The number of fused-ring (bicyclic) bond motifs is 1. The van der Waals surface area contributed by atoms with Gasteiger partial charge in [0.25, 0.3) is 5.91 Å². The van der Waals surface area contributed by atoms with E-state index in [4.69, 9.17) is 0 Å². The van der Waals surface area contributed by atoms with E-state index in [0.29, 0.717) is 12.6 Å². The van der Waals surface area contributed by atoms with Crippen LogP contribution < -0.4 is 0 Å². The Hall–Kier alpha value is -2.07. The maximum Gasteiger partial charge on any atom is 0.256 e. The van der Waals surface area contributed by atoms with E-state index >= 15 is 0 Å². The van der Waals surface area contributed by atoms with Crippen LogP contribution in [0.4, 0.5) is 0 Å². The molecule has 1 fully saturated rings. The molecule has 0 saturated heterocycles. The van der Waals surface area contributed by atoms with Crippen LogP contribution in [0, 0.1) is 0 Å². The minimum atomic E-state index is 0.136. The van der Waals surface area contributed by atoms with E-state index in [9.17, 15) is 4.79 Å². The molecule has 1 aromatic carbocycles. The van der Waals surface area contributed by atoms with Gasteiger partial charge >= 0.3 is 0 Å². The summed E-state index contributed by atoms with van der Waals surface area (Å²) in [5.74, 6) is 0.136. The highest BCUT2D eigenvalue weighted by molar-refractivity contribution is 7.07. The van der Waals surface area contributed by atoms with Crippen molar-refractivity contribution in [2.24, 2.45) is 0 Å². The van der Waals surface area contributed by atoms with Crippen LogP contribution in [0.5, 0.6) is 0 Å². The molecule has 4 heteroatoms. The third kappa shape index (κ3) is 2.36. The number of hydrogen-bond donors (Lipinski definition) is 1. The normalized spacial score (nSPS) is 14.5. The zero-order valence-corrected chi connectivity index (χ0v) is 12.4. The molecule has 0 spiro atoms. The van der Waals surface area contributed by atoms with Crippen molar-refractivity contribution in [3.63, 3.8) is 0 Å². The lowest BCUT2D eigenvalue weighted by Gasteiger charge is -2.22. The second-order valence-electron chi connectivity index (χ2n) is 5.54. The molecular weight excluding hydrogens is 280 g/mol. The van der Waals surface area contributed by atoms with E-state index in [1.807, 2.05) is 35.4 Å². The SMILES string of the molecule is O=C(c1cccc2cc[nH]c12)N(Cc1ccsc1)C1CC1. The summed E-state index contributed by atoms with van der Waals surface area (Å²) < 4.78 is 0. The number of aromatic nitrogens is 1. The minimum Gasteiger partial charge on any atom is -0.361 e. The van der Waals surface area contributed by atoms with Gasteiger partial charge in [0.1, 0.15) is 0 Å². The van der Waals surface area contributed by atoms with E-state index in [2.05, 4.69) is 21.8 Å². The second-order valence-corrected chi connectivity index (χ2v) is 6.32. The molecule has 21 heavy (non-hydrogen) atoms. The van der Waals surface area contributed by atoms with Gasteiger partial charge in [-0.05, 0) is 47.4 Å². The fourth-order valence-electron chi connectivity index (χ4n) is 2.75. The predicted molar refractivity (Wildman–Crippen MR) is 85.5 cm³/mol. The molecule has 2 heterocycles. The van der Waals surface area contributed by atoms with Crippen molar-refractivity contribution in [1.82, 2.24) is 9.88 Å². The Morgan fingerprint density at radius 2 is 2.19 bits per heavy atom.